The van der Waals surface area contributed by atoms with Gasteiger partial charge in [-0.25, -0.2) is 13.8 Å². The topological polar surface area (TPSA) is 46.8 Å². The van der Waals surface area contributed by atoms with Crippen LogP contribution in [0.2, 0.25) is 0 Å². The van der Waals surface area contributed by atoms with Crippen LogP contribution < -0.4 is 0 Å². The van der Waals surface area contributed by atoms with Crippen LogP contribution in [0, 0.1) is 11.6 Å². The minimum Gasteiger partial charge on any atom is -0.383 e. The van der Waals surface area contributed by atoms with Crippen molar-refractivity contribution in [3.8, 4) is 11.3 Å². The Morgan fingerprint density at radius 2 is 1.90 bits per heavy atom. The van der Waals surface area contributed by atoms with Crippen LogP contribution >= 0.6 is 11.3 Å². The number of hydrogen-bond donors (Lipinski definition) is 0. The van der Waals surface area contributed by atoms with Gasteiger partial charge in [-0.1, -0.05) is 12.1 Å². The number of carbonyl (C=O) groups is 1. The van der Waals surface area contributed by atoms with Gasteiger partial charge in [-0.05, 0) is 36.4 Å². The molecular formula is C23H21F2N3O2S. The van der Waals surface area contributed by atoms with Crippen LogP contribution in [0.4, 0.5) is 8.78 Å². The molecule has 4 aromatic rings. The molecule has 0 radical (unpaired) electrons. The summed E-state index contributed by atoms with van der Waals surface area (Å²) < 4.78 is 34.4. The number of imidazole rings is 1. The van der Waals surface area contributed by atoms with Gasteiger partial charge in [0, 0.05) is 49.5 Å². The molecule has 8 heteroatoms. The lowest BCUT2D eigenvalue weighted by Crippen LogP contribution is -2.36. The number of rotatable bonds is 8. The normalized spacial score (nSPS) is 11.2. The summed E-state index contributed by atoms with van der Waals surface area (Å²) in [7, 11) is 1.57. The van der Waals surface area contributed by atoms with Crippen LogP contribution in [0.15, 0.2) is 60.1 Å². The monoisotopic (exact) mass is 441 g/mol. The molecule has 0 aliphatic carbocycles. The summed E-state index contributed by atoms with van der Waals surface area (Å²) in [6, 6.07) is 12.2. The molecule has 0 fully saturated rings. The van der Waals surface area contributed by atoms with Crippen LogP contribution in [0.1, 0.15) is 16.1 Å². The zero-order chi connectivity index (χ0) is 21.8. The van der Waals surface area contributed by atoms with Gasteiger partial charge >= 0.3 is 0 Å². The molecule has 0 saturated heterocycles. The number of carbonyl (C=O) groups excluding carboxylic acids is 1. The van der Waals surface area contributed by atoms with E-state index < -0.39 is 5.82 Å². The second-order valence-electron chi connectivity index (χ2n) is 7.03. The first-order chi connectivity index (χ1) is 15.1. The molecule has 4 rings (SSSR count). The molecule has 2 aromatic heterocycles. The highest BCUT2D eigenvalue weighted by Crippen LogP contribution is 2.24. The predicted molar refractivity (Wildman–Crippen MR) is 116 cm³/mol. The van der Waals surface area contributed by atoms with E-state index in [0.717, 1.165) is 21.9 Å². The first-order valence-electron chi connectivity index (χ1n) is 9.81. The third-order valence-electron chi connectivity index (χ3n) is 5.02. The van der Waals surface area contributed by atoms with Crippen molar-refractivity contribution in [2.45, 2.75) is 6.42 Å². The van der Waals surface area contributed by atoms with Crippen LogP contribution in [-0.4, -0.2) is 47.0 Å². The largest absolute Gasteiger partial charge is 0.383 e. The highest BCUT2D eigenvalue weighted by atomic mass is 32.1. The van der Waals surface area contributed by atoms with Crippen LogP contribution in [0.25, 0.3) is 16.2 Å². The Bertz CT molecular complexity index is 1190. The Morgan fingerprint density at radius 1 is 1.13 bits per heavy atom. The highest BCUT2D eigenvalue weighted by Gasteiger charge is 2.19. The number of benzene rings is 2. The molecule has 0 bridgehead atoms. The van der Waals surface area contributed by atoms with Gasteiger partial charge in [-0.2, -0.15) is 0 Å². The molecule has 0 aliphatic heterocycles. The Kier molecular flexibility index (Phi) is 6.39. The maximum absolute atomic E-state index is 14.1. The summed E-state index contributed by atoms with van der Waals surface area (Å²) in [6.07, 6.45) is 2.48. The number of amides is 1. The lowest BCUT2D eigenvalue weighted by Gasteiger charge is -2.22. The molecular weight excluding hydrogens is 420 g/mol. The minimum atomic E-state index is -0.536. The van der Waals surface area contributed by atoms with E-state index in [1.54, 1.807) is 36.3 Å². The van der Waals surface area contributed by atoms with E-state index in [1.165, 1.54) is 35.6 Å². The van der Waals surface area contributed by atoms with Crippen LogP contribution in [0.5, 0.6) is 0 Å². The third-order valence-corrected chi connectivity index (χ3v) is 5.91. The molecule has 0 atom stereocenters. The molecule has 5 nitrogen and oxygen atoms in total. The molecule has 2 aromatic carbocycles. The zero-order valence-corrected chi connectivity index (χ0v) is 17.7. The molecule has 0 saturated carbocycles. The fourth-order valence-corrected chi connectivity index (χ4v) is 4.25. The number of nitrogens with zero attached hydrogens (tertiary/aromatic N) is 3. The Labute approximate surface area is 182 Å². The van der Waals surface area contributed by atoms with Crippen molar-refractivity contribution < 1.29 is 18.3 Å². The van der Waals surface area contributed by atoms with Gasteiger partial charge in [0.25, 0.3) is 5.91 Å². The molecule has 0 spiro atoms. The van der Waals surface area contributed by atoms with E-state index in [9.17, 15) is 13.6 Å². The predicted octanol–water partition coefficient (Wildman–Crippen LogP) is 4.67. The van der Waals surface area contributed by atoms with E-state index in [2.05, 4.69) is 4.98 Å². The fraction of sp³-hybridized carbons (Fsp3) is 0.217. The molecule has 0 unspecified atom stereocenters. The third kappa shape index (κ3) is 4.65. The van der Waals surface area contributed by atoms with E-state index in [0.29, 0.717) is 26.1 Å². The molecule has 31 heavy (non-hydrogen) atoms. The van der Waals surface area contributed by atoms with E-state index >= 15 is 0 Å². The van der Waals surface area contributed by atoms with E-state index in [4.69, 9.17) is 4.74 Å². The van der Waals surface area contributed by atoms with Gasteiger partial charge in [0.15, 0.2) is 4.96 Å². The number of aromatic nitrogens is 2. The van der Waals surface area contributed by atoms with E-state index in [1.807, 2.05) is 16.0 Å². The Balaban J connectivity index is 1.53. The summed E-state index contributed by atoms with van der Waals surface area (Å²) >= 11 is 1.50. The van der Waals surface area contributed by atoms with Gasteiger partial charge in [-0.3, -0.25) is 9.20 Å². The highest BCUT2D eigenvalue weighted by molar-refractivity contribution is 7.15. The lowest BCUT2D eigenvalue weighted by atomic mass is 10.1. The number of ether oxygens (including phenoxy) is 1. The van der Waals surface area contributed by atoms with Crippen LogP contribution in [0.3, 0.4) is 0 Å². The SMILES string of the molecule is COCCN(CCc1csc2nc(-c3ccc(F)cc3)cn12)C(=O)c1ccccc1F. The van der Waals surface area contributed by atoms with Gasteiger partial charge in [0.1, 0.15) is 11.6 Å². The lowest BCUT2D eigenvalue weighted by molar-refractivity contribution is 0.0692. The van der Waals surface area contributed by atoms with Gasteiger partial charge in [-0.15, -0.1) is 11.3 Å². The summed E-state index contributed by atoms with van der Waals surface area (Å²) in [6.45, 7) is 1.13. The smallest absolute Gasteiger partial charge is 0.256 e. The van der Waals surface area contributed by atoms with Crippen molar-refractivity contribution in [2.24, 2.45) is 0 Å². The number of fused-ring (bicyclic) bond motifs is 1. The van der Waals surface area contributed by atoms with Gasteiger partial charge in [0.2, 0.25) is 0 Å². The molecule has 0 N–H and O–H groups in total. The second kappa shape index (κ2) is 9.36. The summed E-state index contributed by atoms with van der Waals surface area (Å²) in [4.78, 5) is 19.9. The molecule has 1 amide bonds. The van der Waals surface area contributed by atoms with Gasteiger partial charge in [0.05, 0.1) is 17.9 Å². The first-order valence-corrected chi connectivity index (χ1v) is 10.7. The first kappa shape index (κ1) is 21.1. The van der Waals surface area contributed by atoms with E-state index in [-0.39, 0.29) is 17.3 Å². The zero-order valence-electron chi connectivity index (χ0n) is 16.9. The van der Waals surface area contributed by atoms with Gasteiger partial charge < -0.3 is 9.64 Å². The van der Waals surface area contributed by atoms with Crippen molar-refractivity contribution in [3.05, 3.63) is 83.0 Å². The summed E-state index contributed by atoms with van der Waals surface area (Å²) in [5.74, 6) is -1.19. The standard InChI is InChI=1S/C23H21F2N3O2S/c1-30-13-12-27(22(29)19-4-2-3-5-20(19)25)11-10-18-15-31-23-26-21(14-28(18)23)16-6-8-17(24)9-7-16/h2-9,14-15H,10-13H2,1H3. The fourth-order valence-electron chi connectivity index (χ4n) is 3.34. The number of halogens is 2. The average Bonchev–Trinajstić information content (AvgIpc) is 3.36. The van der Waals surface area contributed by atoms with Crippen molar-refractivity contribution in [3.63, 3.8) is 0 Å². The molecule has 160 valence electrons. The van der Waals surface area contributed by atoms with Crippen molar-refractivity contribution >= 4 is 22.2 Å². The Morgan fingerprint density at radius 3 is 2.65 bits per heavy atom. The van der Waals surface area contributed by atoms with Crippen LogP contribution in [-0.2, 0) is 11.2 Å². The average molecular weight is 442 g/mol. The maximum atomic E-state index is 14.1. The van der Waals surface area contributed by atoms with Crippen molar-refractivity contribution in [1.82, 2.24) is 14.3 Å². The summed E-state index contributed by atoms with van der Waals surface area (Å²) in [5, 5.41) is 2.00. The maximum Gasteiger partial charge on any atom is 0.256 e. The second-order valence-corrected chi connectivity index (χ2v) is 7.86. The summed E-state index contributed by atoms with van der Waals surface area (Å²) in [5.41, 5.74) is 2.63. The van der Waals surface area contributed by atoms with Crippen molar-refractivity contribution in [1.29, 1.82) is 0 Å². The van der Waals surface area contributed by atoms with Crippen molar-refractivity contribution in [2.75, 3.05) is 26.8 Å². The number of methoxy groups -OCH3 is 1. The number of thiazole rings is 1. The quantitative estimate of drug-likeness (QED) is 0.399. The Hall–Kier alpha value is -3.10. The number of hydrogen-bond acceptors (Lipinski definition) is 4. The molecule has 0 aliphatic rings. The molecule has 2 heterocycles. The minimum absolute atomic E-state index is 0.0512.